The highest BCUT2D eigenvalue weighted by Gasteiger charge is 2.15. The first-order valence-electron chi connectivity index (χ1n) is 8.42. The maximum atomic E-state index is 4.61. The first-order valence-corrected chi connectivity index (χ1v) is 8.42. The van der Waals surface area contributed by atoms with Crippen LogP contribution in [0, 0.1) is 20.8 Å². The average molecular weight is 344 g/mol. The number of aryl methyl sites for hydroxylation is 3. The van der Waals surface area contributed by atoms with Gasteiger partial charge in [-0.05, 0) is 50.1 Å². The van der Waals surface area contributed by atoms with Gasteiger partial charge in [0.1, 0.15) is 6.33 Å². The molecule has 4 heterocycles. The zero-order valence-electron chi connectivity index (χ0n) is 15.4. The molecule has 130 valence electrons. The topological polar surface area (TPSA) is 60.9 Å². The standard InChI is InChI=1S/C20H20N6/c1-12(16-6-7-26-19(9-16)22-11-23-26)18-8-17(10-21-13(18)2)20-14(3)24-25(5)15(20)4/h6-11H,1H2,2-5H3. The van der Waals surface area contributed by atoms with Crippen LogP contribution >= 0.6 is 0 Å². The number of fused-ring (bicyclic) bond motifs is 1. The smallest absolute Gasteiger partial charge is 0.155 e. The van der Waals surface area contributed by atoms with E-state index in [2.05, 4.69) is 39.7 Å². The van der Waals surface area contributed by atoms with Crippen molar-refractivity contribution in [3.05, 3.63) is 71.7 Å². The number of rotatable bonds is 3. The van der Waals surface area contributed by atoms with Crippen LogP contribution in [-0.4, -0.2) is 29.4 Å². The van der Waals surface area contributed by atoms with Crippen molar-refractivity contribution in [2.75, 3.05) is 0 Å². The summed E-state index contributed by atoms with van der Waals surface area (Å²) in [6.45, 7) is 10.4. The lowest BCUT2D eigenvalue weighted by Crippen LogP contribution is -1.97. The predicted octanol–water partition coefficient (Wildman–Crippen LogP) is 3.51. The van der Waals surface area contributed by atoms with Crippen molar-refractivity contribution in [2.24, 2.45) is 7.05 Å². The van der Waals surface area contributed by atoms with Gasteiger partial charge < -0.3 is 0 Å². The molecule has 0 aliphatic rings. The predicted molar refractivity (Wildman–Crippen MR) is 102 cm³/mol. The van der Waals surface area contributed by atoms with Crippen LogP contribution in [-0.2, 0) is 7.05 Å². The van der Waals surface area contributed by atoms with Crippen LogP contribution in [0.15, 0.2) is 43.5 Å². The molecule has 6 heteroatoms. The van der Waals surface area contributed by atoms with E-state index in [0.29, 0.717) is 0 Å². The van der Waals surface area contributed by atoms with E-state index in [1.807, 2.05) is 50.1 Å². The number of aromatic nitrogens is 6. The maximum absolute atomic E-state index is 4.61. The van der Waals surface area contributed by atoms with E-state index >= 15 is 0 Å². The summed E-state index contributed by atoms with van der Waals surface area (Å²) >= 11 is 0. The summed E-state index contributed by atoms with van der Waals surface area (Å²) in [4.78, 5) is 8.87. The van der Waals surface area contributed by atoms with Gasteiger partial charge >= 0.3 is 0 Å². The van der Waals surface area contributed by atoms with Gasteiger partial charge in [0.15, 0.2) is 5.65 Å². The molecule has 0 saturated carbocycles. The normalized spacial score (nSPS) is 11.2. The zero-order valence-corrected chi connectivity index (χ0v) is 15.4. The van der Waals surface area contributed by atoms with Crippen LogP contribution in [0.4, 0.5) is 0 Å². The monoisotopic (exact) mass is 344 g/mol. The van der Waals surface area contributed by atoms with Crippen LogP contribution in [0.25, 0.3) is 22.3 Å². The van der Waals surface area contributed by atoms with E-state index in [-0.39, 0.29) is 0 Å². The van der Waals surface area contributed by atoms with Crippen molar-refractivity contribution in [1.29, 1.82) is 0 Å². The Morgan fingerprint density at radius 2 is 1.88 bits per heavy atom. The van der Waals surface area contributed by atoms with Gasteiger partial charge in [0, 0.05) is 47.5 Å². The highest BCUT2D eigenvalue weighted by atomic mass is 15.3. The fourth-order valence-corrected chi connectivity index (χ4v) is 3.33. The summed E-state index contributed by atoms with van der Waals surface area (Å²) in [5.41, 5.74) is 8.98. The average Bonchev–Trinajstić information content (AvgIpc) is 3.19. The summed E-state index contributed by atoms with van der Waals surface area (Å²) in [6.07, 6.45) is 5.35. The van der Waals surface area contributed by atoms with Crippen molar-refractivity contribution < 1.29 is 0 Å². The van der Waals surface area contributed by atoms with Crippen molar-refractivity contribution in [3.8, 4) is 11.1 Å². The van der Waals surface area contributed by atoms with E-state index in [4.69, 9.17) is 0 Å². The molecule has 26 heavy (non-hydrogen) atoms. The molecule has 0 radical (unpaired) electrons. The molecule has 6 nitrogen and oxygen atoms in total. The van der Waals surface area contributed by atoms with Gasteiger partial charge in [0.25, 0.3) is 0 Å². The SMILES string of the molecule is C=C(c1ccn2ncnc2c1)c1cc(-c2c(C)nn(C)c2C)cnc1C. The molecule has 4 aromatic rings. The van der Waals surface area contributed by atoms with Crippen LogP contribution in [0.1, 0.15) is 28.2 Å². The first-order chi connectivity index (χ1) is 12.5. The summed E-state index contributed by atoms with van der Waals surface area (Å²) in [7, 11) is 1.96. The Bertz CT molecular complexity index is 1150. The van der Waals surface area contributed by atoms with Gasteiger partial charge in [-0.15, -0.1) is 0 Å². The third-order valence-corrected chi connectivity index (χ3v) is 4.84. The van der Waals surface area contributed by atoms with E-state index in [0.717, 1.165) is 50.6 Å². The fourth-order valence-electron chi connectivity index (χ4n) is 3.33. The minimum absolute atomic E-state index is 0.796. The van der Waals surface area contributed by atoms with E-state index in [1.54, 1.807) is 10.8 Å². The summed E-state index contributed by atoms with van der Waals surface area (Å²) in [5, 5.41) is 8.66. The molecule has 0 aromatic carbocycles. The third-order valence-electron chi connectivity index (χ3n) is 4.84. The maximum Gasteiger partial charge on any atom is 0.155 e. The molecule has 4 rings (SSSR count). The Labute approximate surface area is 151 Å². The molecule has 0 fully saturated rings. The van der Waals surface area contributed by atoms with Gasteiger partial charge in [0.05, 0.1) is 5.69 Å². The van der Waals surface area contributed by atoms with E-state index in [9.17, 15) is 0 Å². The minimum atomic E-state index is 0.796. The highest BCUT2D eigenvalue weighted by molar-refractivity contribution is 5.83. The second-order valence-electron chi connectivity index (χ2n) is 6.48. The zero-order chi connectivity index (χ0) is 18.4. The Hall–Kier alpha value is -3.28. The fraction of sp³-hybridized carbons (Fsp3) is 0.200. The lowest BCUT2D eigenvalue weighted by atomic mass is 9.95. The lowest BCUT2D eigenvalue weighted by molar-refractivity contribution is 0.731. The van der Waals surface area contributed by atoms with Gasteiger partial charge in [-0.2, -0.15) is 10.2 Å². The van der Waals surface area contributed by atoms with Gasteiger partial charge in [0.2, 0.25) is 0 Å². The molecule has 0 saturated heterocycles. The molecule has 0 N–H and O–H groups in total. The number of nitrogens with zero attached hydrogens (tertiary/aromatic N) is 6. The molecule has 0 aliphatic carbocycles. The second-order valence-corrected chi connectivity index (χ2v) is 6.48. The molecule has 4 aromatic heterocycles. The number of hydrogen-bond acceptors (Lipinski definition) is 4. The highest BCUT2D eigenvalue weighted by Crippen LogP contribution is 2.31. The van der Waals surface area contributed by atoms with Crippen LogP contribution < -0.4 is 0 Å². The summed E-state index contributed by atoms with van der Waals surface area (Å²) in [6, 6.07) is 6.13. The van der Waals surface area contributed by atoms with Crippen molar-refractivity contribution in [3.63, 3.8) is 0 Å². The van der Waals surface area contributed by atoms with Crippen LogP contribution in [0.2, 0.25) is 0 Å². The van der Waals surface area contributed by atoms with Crippen molar-refractivity contribution in [2.45, 2.75) is 20.8 Å². The molecular formula is C20H20N6. The van der Waals surface area contributed by atoms with Gasteiger partial charge in [-0.1, -0.05) is 6.58 Å². The number of pyridine rings is 2. The minimum Gasteiger partial charge on any atom is -0.272 e. The molecule has 0 bridgehead atoms. The quantitative estimate of drug-likeness (QED) is 0.570. The Kier molecular flexibility index (Phi) is 3.68. The summed E-state index contributed by atoms with van der Waals surface area (Å²) < 4.78 is 3.64. The van der Waals surface area contributed by atoms with E-state index < -0.39 is 0 Å². The summed E-state index contributed by atoms with van der Waals surface area (Å²) in [5.74, 6) is 0. The lowest BCUT2D eigenvalue weighted by Gasteiger charge is -2.12. The molecular weight excluding hydrogens is 324 g/mol. The largest absolute Gasteiger partial charge is 0.272 e. The molecule has 0 spiro atoms. The first kappa shape index (κ1) is 16.2. The van der Waals surface area contributed by atoms with Crippen molar-refractivity contribution >= 4 is 11.2 Å². The Morgan fingerprint density at radius 1 is 1.08 bits per heavy atom. The molecule has 0 amide bonds. The Morgan fingerprint density at radius 3 is 2.62 bits per heavy atom. The Balaban J connectivity index is 1.82. The van der Waals surface area contributed by atoms with Gasteiger partial charge in [-0.3, -0.25) is 9.67 Å². The number of hydrogen-bond donors (Lipinski definition) is 0. The second kappa shape index (κ2) is 5.91. The van der Waals surface area contributed by atoms with E-state index in [1.165, 1.54) is 0 Å². The molecule has 0 unspecified atom stereocenters. The molecule has 0 aliphatic heterocycles. The van der Waals surface area contributed by atoms with Crippen molar-refractivity contribution in [1.82, 2.24) is 29.4 Å². The third kappa shape index (κ3) is 2.50. The van der Waals surface area contributed by atoms with Gasteiger partial charge in [-0.25, -0.2) is 9.50 Å². The van der Waals surface area contributed by atoms with Crippen LogP contribution in [0.3, 0.4) is 0 Å². The molecule has 0 atom stereocenters. The van der Waals surface area contributed by atoms with Crippen LogP contribution in [0.5, 0.6) is 0 Å².